The van der Waals surface area contributed by atoms with Crippen LogP contribution in [0.2, 0.25) is 0 Å². The van der Waals surface area contributed by atoms with Gasteiger partial charge in [0.05, 0.1) is 37.7 Å². The van der Waals surface area contributed by atoms with Crippen LogP contribution in [0.1, 0.15) is 35.8 Å². The van der Waals surface area contributed by atoms with E-state index in [4.69, 9.17) is 9.47 Å². The Bertz CT molecular complexity index is 980. The number of hydrogen-bond donors (Lipinski definition) is 2. The van der Waals surface area contributed by atoms with Crippen LogP contribution >= 0.6 is 0 Å². The number of nitrogens with one attached hydrogen (secondary N) is 2. The van der Waals surface area contributed by atoms with E-state index in [1.165, 1.54) is 0 Å². The van der Waals surface area contributed by atoms with Crippen molar-refractivity contribution in [3.05, 3.63) is 65.9 Å². The van der Waals surface area contributed by atoms with Gasteiger partial charge in [0.2, 0.25) is 0 Å². The summed E-state index contributed by atoms with van der Waals surface area (Å²) >= 11 is 0. The van der Waals surface area contributed by atoms with Crippen LogP contribution in [-0.4, -0.2) is 54.9 Å². The molecule has 7 heteroatoms. The first-order valence-corrected chi connectivity index (χ1v) is 10.4. The number of amides is 1. The number of hydrogen-bond acceptors (Lipinski definition) is 5. The molecule has 2 N–H and O–H groups in total. The number of H-pyrrole nitrogens is 1. The number of methoxy groups -OCH3 is 2. The van der Waals surface area contributed by atoms with Gasteiger partial charge in [-0.1, -0.05) is 26.0 Å². The summed E-state index contributed by atoms with van der Waals surface area (Å²) in [7, 11) is 3.28. The molecule has 3 aromatic rings. The molecule has 0 bridgehead atoms. The fourth-order valence-electron chi connectivity index (χ4n) is 3.69. The van der Waals surface area contributed by atoms with Crippen molar-refractivity contribution in [3.63, 3.8) is 0 Å². The fraction of sp³-hybridized carbons (Fsp3) is 0.333. The Morgan fingerprint density at radius 3 is 2.42 bits per heavy atom. The van der Waals surface area contributed by atoms with Gasteiger partial charge in [-0.2, -0.15) is 5.10 Å². The van der Waals surface area contributed by atoms with E-state index in [1.54, 1.807) is 20.4 Å². The van der Waals surface area contributed by atoms with E-state index in [-0.39, 0.29) is 11.9 Å². The van der Waals surface area contributed by atoms with Crippen molar-refractivity contribution in [2.24, 2.45) is 0 Å². The molecule has 31 heavy (non-hydrogen) atoms. The van der Waals surface area contributed by atoms with Gasteiger partial charge < -0.3 is 14.8 Å². The standard InChI is InChI=1S/C24H30N4O3/c1-5-28(6-2)22(18-8-7-9-20(14-18)31-4)16-25-24(29)21-15-26-27-23(21)17-10-12-19(30-3)13-11-17/h7-15,22H,5-6,16H2,1-4H3,(H,25,29)(H,26,27). The Labute approximate surface area is 183 Å². The lowest BCUT2D eigenvalue weighted by Crippen LogP contribution is -2.38. The molecule has 0 aliphatic rings. The average molecular weight is 423 g/mol. The molecule has 1 heterocycles. The lowest BCUT2D eigenvalue weighted by molar-refractivity contribution is 0.0935. The number of aromatic amines is 1. The number of nitrogens with zero attached hydrogens (tertiary/aromatic N) is 2. The van der Waals surface area contributed by atoms with Gasteiger partial charge in [-0.15, -0.1) is 0 Å². The van der Waals surface area contributed by atoms with Crippen molar-refractivity contribution >= 4 is 5.91 Å². The van der Waals surface area contributed by atoms with Gasteiger partial charge in [0.15, 0.2) is 0 Å². The molecule has 1 aromatic heterocycles. The molecule has 0 aliphatic carbocycles. The zero-order valence-corrected chi connectivity index (χ0v) is 18.5. The number of ether oxygens (including phenoxy) is 2. The van der Waals surface area contributed by atoms with Gasteiger partial charge in [-0.3, -0.25) is 14.8 Å². The summed E-state index contributed by atoms with van der Waals surface area (Å²) in [5.41, 5.74) is 3.16. The van der Waals surface area contributed by atoms with Crippen LogP contribution in [0, 0.1) is 0 Å². The summed E-state index contributed by atoms with van der Waals surface area (Å²) in [5.74, 6) is 1.40. The number of carbonyl (C=O) groups is 1. The monoisotopic (exact) mass is 422 g/mol. The highest BCUT2D eigenvalue weighted by atomic mass is 16.5. The smallest absolute Gasteiger partial charge is 0.255 e. The SMILES string of the molecule is CCN(CC)C(CNC(=O)c1cn[nH]c1-c1ccc(OC)cc1)c1cccc(OC)c1. The summed E-state index contributed by atoms with van der Waals surface area (Å²) in [6.07, 6.45) is 1.56. The molecule has 1 atom stereocenters. The van der Waals surface area contributed by atoms with Crippen molar-refractivity contribution < 1.29 is 14.3 Å². The van der Waals surface area contributed by atoms with Gasteiger partial charge in [-0.25, -0.2) is 0 Å². The number of rotatable bonds is 10. The van der Waals surface area contributed by atoms with E-state index in [0.717, 1.165) is 35.7 Å². The molecular formula is C24H30N4O3. The molecule has 0 aliphatic heterocycles. The van der Waals surface area contributed by atoms with E-state index >= 15 is 0 Å². The van der Waals surface area contributed by atoms with E-state index in [0.29, 0.717) is 17.8 Å². The van der Waals surface area contributed by atoms with Crippen molar-refractivity contribution in [3.8, 4) is 22.8 Å². The van der Waals surface area contributed by atoms with Crippen LogP contribution in [0.25, 0.3) is 11.3 Å². The third kappa shape index (κ3) is 5.24. The molecule has 0 saturated heterocycles. The number of aromatic nitrogens is 2. The molecule has 7 nitrogen and oxygen atoms in total. The largest absolute Gasteiger partial charge is 0.497 e. The Morgan fingerprint density at radius 2 is 1.77 bits per heavy atom. The second-order valence-electron chi connectivity index (χ2n) is 7.11. The molecule has 0 fully saturated rings. The second kappa shape index (κ2) is 10.6. The predicted octanol–water partition coefficient (Wildman–Crippen LogP) is 3.91. The van der Waals surface area contributed by atoms with Gasteiger partial charge in [0.25, 0.3) is 5.91 Å². The van der Waals surface area contributed by atoms with E-state index in [1.807, 2.05) is 42.5 Å². The molecule has 0 radical (unpaired) electrons. The molecule has 0 spiro atoms. The zero-order chi connectivity index (χ0) is 22.2. The van der Waals surface area contributed by atoms with Crippen LogP contribution in [0.15, 0.2) is 54.7 Å². The van der Waals surface area contributed by atoms with Crippen LogP contribution < -0.4 is 14.8 Å². The van der Waals surface area contributed by atoms with Gasteiger partial charge in [-0.05, 0) is 55.1 Å². The minimum Gasteiger partial charge on any atom is -0.497 e. The Hall–Kier alpha value is -3.32. The highest BCUT2D eigenvalue weighted by Gasteiger charge is 2.21. The maximum absolute atomic E-state index is 13.0. The van der Waals surface area contributed by atoms with Crippen molar-refractivity contribution in [1.29, 1.82) is 0 Å². The fourth-order valence-corrected chi connectivity index (χ4v) is 3.69. The van der Waals surface area contributed by atoms with E-state index in [9.17, 15) is 4.79 Å². The van der Waals surface area contributed by atoms with Crippen LogP contribution in [0.5, 0.6) is 11.5 Å². The molecule has 1 unspecified atom stereocenters. The highest BCUT2D eigenvalue weighted by Crippen LogP contribution is 2.26. The average Bonchev–Trinajstić information content (AvgIpc) is 3.31. The van der Waals surface area contributed by atoms with Crippen molar-refractivity contribution in [2.75, 3.05) is 33.9 Å². The predicted molar refractivity (Wildman–Crippen MR) is 122 cm³/mol. The van der Waals surface area contributed by atoms with Gasteiger partial charge in [0, 0.05) is 12.1 Å². The van der Waals surface area contributed by atoms with Crippen molar-refractivity contribution in [2.45, 2.75) is 19.9 Å². The Kier molecular flexibility index (Phi) is 7.67. The second-order valence-corrected chi connectivity index (χ2v) is 7.11. The zero-order valence-electron chi connectivity index (χ0n) is 18.5. The van der Waals surface area contributed by atoms with Crippen LogP contribution in [0.4, 0.5) is 0 Å². The first kappa shape index (κ1) is 22.4. The normalized spacial score (nSPS) is 11.9. The summed E-state index contributed by atoms with van der Waals surface area (Å²) in [5, 5.41) is 10.1. The van der Waals surface area contributed by atoms with E-state index in [2.05, 4.69) is 40.3 Å². The first-order chi connectivity index (χ1) is 15.1. The topological polar surface area (TPSA) is 79.5 Å². The molecular weight excluding hydrogens is 392 g/mol. The molecule has 164 valence electrons. The van der Waals surface area contributed by atoms with Crippen molar-refractivity contribution in [1.82, 2.24) is 20.4 Å². The molecule has 1 amide bonds. The number of likely N-dealkylation sites (N-methyl/N-ethyl adjacent to an activating group) is 1. The maximum Gasteiger partial charge on any atom is 0.255 e. The highest BCUT2D eigenvalue weighted by molar-refractivity contribution is 5.99. The molecule has 0 saturated carbocycles. The lowest BCUT2D eigenvalue weighted by atomic mass is 10.0. The first-order valence-electron chi connectivity index (χ1n) is 10.4. The lowest BCUT2D eigenvalue weighted by Gasteiger charge is -2.30. The summed E-state index contributed by atoms with van der Waals surface area (Å²) in [6.45, 7) is 6.46. The Morgan fingerprint density at radius 1 is 1.06 bits per heavy atom. The van der Waals surface area contributed by atoms with Gasteiger partial charge >= 0.3 is 0 Å². The molecule has 2 aromatic carbocycles. The number of carbonyl (C=O) groups excluding carboxylic acids is 1. The minimum atomic E-state index is -0.167. The maximum atomic E-state index is 13.0. The quantitative estimate of drug-likeness (QED) is 0.518. The third-order valence-electron chi connectivity index (χ3n) is 5.45. The third-order valence-corrected chi connectivity index (χ3v) is 5.45. The van der Waals surface area contributed by atoms with Crippen LogP contribution in [0.3, 0.4) is 0 Å². The summed E-state index contributed by atoms with van der Waals surface area (Å²) in [6, 6.07) is 15.5. The van der Waals surface area contributed by atoms with E-state index < -0.39 is 0 Å². The van der Waals surface area contributed by atoms with Crippen LogP contribution in [-0.2, 0) is 0 Å². The minimum absolute atomic E-state index is 0.0328. The summed E-state index contributed by atoms with van der Waals surface area (Å²) < 4.78 is 10.6. The number of benzene rings is 2. The summed E-state index contributed by atoms with van der Waals surface area (Å²) in [4.78, 5) is 15.4. The Balaban J connectivity index is 1.79. The van der Waals surface area contributed by atoms with Gasteiger partial charge in [0.1, 0.15) is 11.5 Å². The molecule has 3 rings (SSSR count).